The third-order valence-corrected chi connectivity index (χ3v) is 2.31. The van der Waals surface area contributed by atoms with Crippen LogP contribution in [0.25, 0.3) is 0 Å². The van der Waals surface area contributed by atoms with Crippen LogP contribution < -0.4 is 5.73 Å². The van der Waals surface area contributed by atoms with Crippen LogP contribution in [0.3, 0.4) is 0 Å². The number of halogens is 2. The van der Waals surface area contributed by atoms with Gasteiger partial charge in [-0.1, -0.05) is 5.57 Å². The lowest BCUT2D eigenvalue weighted by atomic mass is 9.98. The molecule has 4 nitrogen and oxygen atoms in total. The maximum absolute atomic E-state index is 13.3. The second kappa shape index (κ2) is 6.37. The summed E-state index contributed by atoms with van der Waals surface area (Å²) in [6.45, 7) is 5.40. The van der Waals surface area contributed by atoms with Crippen molar-refractivity contribution in [1.29, 1.82) is 0 Å². The minimum atomic E-state index is -1.27. The molecule has 1 atom stereocenters. The van der Waals surface area contributed by atoms with Gasteiger partial charge in [-0.3, -0.25) is 0 Å². The molecule has 0 aromatic heterocycles. The van der Waals surface area contributed by atoms with E-state index in [0.29, 0.717) is 6.42 Å². The van der Waals surface area contributed by atoms with E-state index in [1.807, 2.05) is 0 Å². The molecule has 0 aliphatic rings. The number of phenolic OH excluding ortho intramolecular Hbond substituents is 1. The van der Waals surface area contributed by atoms with Gasteiger partial charge in [0, 0.05) is 11.6 Å². The van der Waals surface area contributed by atoms with Gasteiger partial charge in [0.2, 0.25) is 0 Å². The van der Waals surface area contributed by atoms with Crippen molar-refractivity contribution in [1.82, 2.24) is 0 Å². The number of rotatable bonds is 4. The summed E-state index contributed by atoms with van der Waals surface area (Å²) >= 11 is 0. The molecule has 0 saturated heterocycles. The molecule has 0 saturated carbocycles. The molecule has 1 aromatic carbocycles. The first-order valence-electron chi connectivity index (χ1n) is 4.98. The van der Waals surface area contributed by atoms with E-state index < -0.39 is 23.6 Å². The van der Waals surface area contributed by atoms with Crippen LogP contribution in [0.15, 0.2) is 24.3 Å². The lowest BCUT2D eigenvalue weighted by Crippen LogP contribution is -2.12. The lowest BCUT2D eigenvalue weighted by Gasteiger charge is -2.14. The molecular weight excluding hydrogens is 261 g/mol. The predicted octanol–water partition coefficient (Wildman–Crippen LogP) is 2.62. The van der Waals surface area contributed by atoms with Crippen LogP contribution in [-0.4, -0.2) is 16.2 Å². The van der Waals surface area contributed by atoms with E-state index in [9.17, 15) is 14.3 Å². The molecule has 18 heavy (non-hydrogen) atoms. The van der Waals surface area contributed by atoms with Gasteiger partial charge in [0.25, 0.3) is 0 Å². The summed E-state index contributed by atoms with van der Waals surface area (Å²) < 4.78 is 13.3. The van der Waals surface area contributed by atoms with Crippen LogP contribution in [0, 0.1) is 5.82 Å². The predicted molar refractivity (Wildman–Crippen MR) is 68.6 cm³/mol. The molecule has 6 heteroatoms. The fourth-order valence-corrected chi connectivity index (χ4v) is 1.51. The third kappa shape index (κ3) is 3.72. The zero-order valence-corrected chi connectivity index (χ0v) is 10.6. The number of hydrogen-bond acceptors (Lipinski definition) is 3. The first-order valence-corrected chi connectivity index (χ1v) is 4.98. The Morgan fingerprint density at radius 1 is 1.56 bits per heavy atom. The van der Waals surface area contributed by atoms with Crippen molar-refractivity contribution < 1.29 is 19.4 Å². The highest BCUT2D eigenvalue weighted by molar-refractivity contribution is 5.88. The molecular formula is C12H15ClFNO3. The molecule has 0 heterocycles. The van der Waals surface area contributed by atoms with Gasteiger partial charge in [-0.15, -0.1) is 19.0 Å². The Balaban J connectivity index is 0.00000289. The minimum absolute atomic E-state index is 0. The fraction of sp³-hybridized carbons (Fsp3) is 0.250. The van der Waals surface area contributed by atoms with Gasteiger partial charge < -0.3 is 15.9 Å². The summed E-state index contributed by atoms with van der Waals surface area (Å²) in [4.78, 5) is 10.8. The average Bonchev–Trinajstić information content (AvgIpc) is 2.20. The van der Waals surface area contributed by atoms with E-state index in [2.05, 4.69) is 6.58 Å². The van der Waals surface area contributed by atoms with Crippen LogP contribution in [0.2, 0.25) is 0 Å². The highest BCUT2D eigenvalue weighted by Gasteiger charge is 2.18. The van der Waals surface area contributed by atoms with E-state index in [4.69, 9.17) is 10.8 Å². The largest absolute Gasteiger partial charge is 0.505 e. The number of carboxylic acids is 1. The molecule has 0 fully saturated rings. The van der Waals surface area contributed by atoms with E-state index >= 15 is 0 Å². The first kappa shape index (κ1) is 16.4. The van der Waals surface area contributed by atoms with Gasteiger partial charge in [-0.2, -0.15) is 0 Å². The molecule has 0 bridgehead atoms. The molecule has 4 N–H and O–H groups in total. The number of carbonyl (C=O) groups is 1. The van der Waals surface area contributed by atoms with E-state index in [1.165, 1.54) is 6.07 Å². The summed E-state index contributed by atoms with van der Waals surface area (Å²) in [5.41, 5.74) is 6.35. The molecule has 0 radical (unpaired) electrons. The molecule has 100 valence electrons. The zero-order valence-electron chi connectivity index (χ0n) is 9.81. The van der Waals surface area contributed by atoms with E-state index in [-0.39, 0.29) is 23.5 Å². The first-order chi connectivity index (χ1) is 7.82. The van der Waals surface area contributed by atoms with Gasteiger partial charge >= 0.3 is 5.97 Å². The van der Waals surface area contributed by atoms with Crippen LogP contribution in [0.4, 0.5) is 4.39 Å². The summed E-state index contributed by atoms with van der Waals surface area (Å²) in [6, 6.07) is 1.25. The van der Waals surface area contributed by atoms with Gasteiger partial charge in [-0.05, 0) is 25.5 Å². The molecule has 0 amide bonds. The highest BCUT2D eigenvalue weighted by atomic mass is 35.5. The molecule has 1 aromatic rings. The minimum Gasteiger partial charge on any atom is -0.505 e. The quantitative estimate of drug-likeness (QED) is 0.738. The number of nitrogens with two attached hydrogens (primary N) is 1. The Morgan fingerprint density at radius 2 is 2.11 bits per heavy atom. The van der Waals surface area contributed by atoms with Crippen molar-refractivity contribution in [3.63, 3.8) is 0 Å². The Kier molecular flexibility index (Phi) is 5.81. The second-order valence-electron chi connectivity index (χ2n) is 3.97. The number of aromatic carboxylic acids is 1. The molecule has 1 rings (SSSR count). The van der Waals surface area contributed by atoms with Gasteiger partial charge in [0.05, 0.1) is 5.56 Å². The van der Waals surface area contributed by atoms with Crippen molar-refractivity contribution in [3.05, 3.63) is 41.2 Å². The summed E-state index contributed by atoms with van der Waals surface area (Å²) in [6.07, 6.45) is 0.343. The molecule has 0 aliphatic carbocycles. The van der Waals surface area contributed by atoms with Crippen molar-refractivity contribution in [2.24, 2.45) is 5.73 Å². The van der Waals surface area contributed by atoms with E-state index in [1.54, 1.807) is 6.92 Å². The highest BCUT2D eigenvalue weighted by Crippen LogP contribution is 2.30. The van der Waals surface area contributed by atoms with Crippen LogP contribution >= 0.6 is 12.4 Å². The molecule has 0 unspecified atom stereocenters. The Bertz CT molecular complexity index is 477. The Labute approximate surface area is 110 Å². The van der Waals surface area contributed by atoms with Gasteiger partial charge in [0.15, 0.2) is 11.6 Å². The van der Waals surface area contributed by atoms with Crippen molar-refractivity contribution in [2.75, 3.05) is 0 Å². The topological polar surface area (TPSA) is 83.6 Å². The van der Waals surface area contributed by atoms with Gasteiger partial charge in [0.1, 0.15) is 0 Å². The number of carboxylic acid groups (broad SMARTS) is 1. The number of aromatic hydroxyl groups is 1. The average molecular weight is 276 g/mol. The van der Waals surface area contributed by atoms with Crippen LogP contribution in [0.5, 0.6) is 5.75 Å². The summed E-state index contributed by atoms with van der Waals surface area (Å²) in [7, 11) is 0. The van der Waals surface area contributed by atoms with Crippen molar-refractivity contribution in [2.45, 2.75) is 19.4 Å². The zero-order chi connectivity index (χ0) is 13.2. The summed E-state index contributed by atoms with van der Waals surface area (Å²) in [5.74, 6) is -2.87. The number of hydrogen-bond donors (Lipinski definition) is 3. The smallest absolute Gasteiger partial charge is 0.335 e. The molecule has 0 spiro atoms. The Hall–Kier alpha value is -1.59. The SMILES string of the molecule is C=C(C)C[C@@H](N)c1cc(C(=O)O)cc(F)c1O.Cl. The standard InChI is InChI=1S/C12H14FNO3.ClH/c1-6(2)3-10(14)8-4-7(12(16)17)5-9(13)11(8)15;/h4-5,10,15H,1,3,14H2,2H3,(H,16,17);1H/t10-;/m1./s1. The van der Waals surface area contributed by atoms with Crippen molar-refractivity contribution >= 4 is 18.4 Å². The van der Waals surface area contributed by atoms with Crippen LogP contribution in [0.1, 0.15) is 35.3 Å². The van der Waals surface area contributed by atoms with Gasteiger partial charge in [-0.25, -0.2) is 9.18 Å². The van der Waals surface area contributed by atoms with E-state index in [0.717, 1.165) is 11.6 Å². The summed E-state index contributed by atoms with van der Waals surface area (Å²) in [5, 5.41) is 18.3. The normalized spacial score (nSPS) is 11.5. The number of phenols is 1. The van der Waals surface area contributed by atoms with Crippen LogP contribution in [-0.2, 0) is 0 Å². The monoisotopic (exact) mass is 275 g/mol. The Morgan fingerprint density at radius 3 is 2.56 bits per heavy atom. The fourth-order valence-electron chi connectivity index (χ4n) is 1.51. The third-order valence-electron chi connectivity index (χ3n) is 2.31. The lowest BCUT2D eigenvalue weighted by molar-refractivity contribution is 0.0696. The maximum atomic E-state index is 13.3. The number of benzene rings is 1. The molecule has 0 aliphatic heterocycles. The second-order valence-corrected chi connectivity index (χ2v) is 3.97. The van der Waals surface area contributed by atoms with Crippen molar-refractivity contribution in [3.8, 4) is 5.75 Å². The maximum Gasteiger partial charge on any atom is 0.335 e.